The number of hydrogen-bond donors (Lipinski definition) is 0. The molecule has 0 aliphatic carbocycles. The largest absolute Gasteiger partial charge is 0.333 e. The molecule has 0 saturated carbocycles. The Bertz CT molecular complexity index is 542. The Hall–Kier alpha value is -1.65. The zero-order chi connectivity index (χ0) is 11.0. The molecule has 15 heavy (non-hydrogen) atoms. The maximum absolute atomic E-state index is 12.7. The van der Waals surface area contributed by atoms with Gasteiger partial charge in [0, 0.05) is 6.54 Å². The summed E-state index contributed by atoms with van der Waals surface area (Å²) in [6, 6.07) is 6.55. The molecule has 3 nitrogen and oxygen atoms in total. The van der Waals surface area contributed by atoms with Crippen molar-refractivity contribution in [3.8, 4) is 0 Å². The van der Waals surface area contributed by atoms with Crippen LogP contribution in [0.1, 0.15) is 13.5 Å². The summed E-state index contributed by atoms with van der Waals surface area (Å²) in [7, 11) is 0. The zero-order valence-electron chi connectivity index (χ0n) is 8.15. The molecule has 2 aromatic rings. The topological polar surface area (TPSA) is 26.9 Å². The quantitative estimate of drug-likeness (QED) is 0.749. The lowest BCUT2D eigenvalue weighted by molar-refractivity contribution is 0.0703. The lowest BCUT2D eigenvalue weighted by Crippen LogP contribution is -2.24. The van der Waals surface area contributed by atoms with Crippen molar-refractivity contribution in [2.75, 3.05) is 0 Å². The van der Waals surface area contributed by atoms with E-state index in [1.807, 2.05) is 0 Å². The second kappa shape index (κ2) is 3.49. The molecule has 0 amide bonds. The number of hydrogen-bond acceptors (Lipinski definition) is 1. The van der Waals surface area contributed by atoms with Gasteiger partial charge in [0.05, 0.1) is 11.0 Å². The van der Waals surface area contributed by atoms with E-state index < -0.39 is 12.2 Å². The summed E-state index contributed by atoms with van der Waals surface area (Å²) in [5.41, 5.74) is 0.165. The summed E-state index contributed by atoms with van der Waals surface area (Å²) < 4.78 is 27.2. The van der Waals surface area contributed by atoms with E-state index in [0.29, 0.717) is 16.6 Å². The second-order valence-electron chi connectivity index (χ2n) is 3.16. The van der Waals surface area contributed by atoms with Crippen LogP contribution in [0.5, 0.6) is 0 Å². The van der Waals surface area contributed by atoms with Crippen LogP contribution < -0.4 is 5.69 Å². The van der Waals surface area contributed by atoms with Gasteiger partial charge in [-0.25, -0.2) is 9.36 Å². The summed E-state index contributed by atoms with van der Waals surface area (Å²) >= 11 is 0. The van der Waals surface area contributed by atoms with Crippen LogP contribution in [0.15, 0.2) is 29.1 Å². The number of fused-ring (bicyclic) bond motifs is 1. The monoisotopic (exact) mass is 212 g/mol. The Morgan fingerprint density at radius 3 is 2.40 bits per heavy atom. The first-order chi connectivity index (χ1) is 7.16. The third-order valence-corrected chi connectivity index (χ3v) is 2.38. The van der Waals surface area contributed by atoms with Crippen molar-refractivity contribution in [3.05, 3.63) is 34.7 Å². The lowest BCUT2D eigenvalue weighted by Gasteiger charge is -1.98. The van der Waals surface area contributed by atoms with Crippen molar-refractivity contribution in [1.82, 2.24) is 9.13 Å². The van der Waals surface area contributed by atoms with Crippen LogP contribution in [0, 0.1) is 0 Å². The number of benzene rings is 1. The van der Waals surface area contributed by atoms with E-state index >= 15 is 0 Å². The lowest BCUT2D eigenvalue weighted by atomic mass is 10.3. The predicted molar refractivity (Wildman–Crippen MR) is 53.1 cm³/mol. The Kier molecular flexibility index (Phi) is 2.30. The number of rotatable bonds is 2. The van der Waals surface area contributed by atoms with Crippen molar-refractivity contribution < 1.29 is 8.78 Å². The smallest absolute Gasteiger partial charge is 0.292 e. The van der Waals surface area contributed by atoms with Crippen LogP contribution in [-0.2, 0) is 6.54 Å². The number of aromatic nitrogens is 2. The van der Waals surface area contributed by atoms with Gasteiger partial charge < -0.3 is 0 Å². The van der Waals surface area contributed by atoms with E-state index in [9.17, 15) is 13.6 Å². The second-order valence-corrected chi connectivity index (χ2v) is 3.16. The molecule has 1 heterocycles. The van der Waals surface area contributed by atoms with Gasteiger partial charge in [0.25, 0.3) is 0 Å². The highest BCUT2D eigenvalue weighted by atomic mass is 19.3. The van der Waals surface area contributed by atoms with Crippen molar-refractivity contribution >= 4 is 11.0 Å². The van der Waals surface area contributed by atoms with Gasteiger partial charge in [-0.3, -0.25) is 4.57 Å². The van der Waals surface area contributed by atoms with E-state index in [-0.39, 0.29) is 5.52 Å². The fourth-order valence-corrected chi connectivity index (χ4v) is 1.73. The van der Waals surface area contributed by atoms with Gasteiger partial charge >= 0.3 is 12.2 Å². The fourth-order valence-electron chi connectivity index (χ4n) is 1.73. The maximum atomic E-state index is 12.7. The molecule has 1 aromatic carbocycles. The van der Waals surface area contributed by atoms with Gasteiger partial charge in [-0.1, -0.05) is 12.1 Å². The third kappa shape index (κ3) is 1.35. The number of imidazole rings is 1. The minimum atomic E-state index is -2.80. The van der Waals surface area contributed by atoms with E-state index in [1.165, 1.54) is 10.6 Å². The predicted octanol–water partition coefficient (Wildman–Crippen LogP) is 2.22. The first kappa shape index (κ1) is 9.89. The van der Waals surface area contributed by atoms with Crippen molar-refractivity contribution in [3.63, 3.8) is 0 Å². The van der Waals surface area contributed by atoms with Gasteiger partial charge in [-0.2, -0.15) is 8.78 Å². The minimum absolute atomic E-state index is 0.277. The molecule has 80 valence electrons. The number of nitrogens with zero attached hydrogens (tertiary/aromatic N) is 2. The molecule has 0 N–H and O–H groups in total. The van der Waals surface area contributed by atoms with Crippen LogP contribution in [0.2, 0.25) is 0 Å². The van der Waals surface area contributed by atoms with Gasteiger partial charge in [0.15, 0.2) is 0 Å². The molecule has 0 aliphatic rings. The van der Waals surface area contributed by atoms with Gasteiger partial charge in [0.1, 0.15) is 0 Å². The van der Waals surface area contributed by atoms with Gasteiger partial charge in [0.2, 0.25) is 0 Å². The summed E-state index contributed by atoms with van der Waals surface area (Å²) in [5, 5.41) is 0. The number of alkyl halides is 2. The molecule has 0 aliphatic heterocycles. The normalized spacial score (nSPS) is 11.5. The van der Waals surface area contributed by atoms with Crippen molar-refractivity contribution in [2.24, 2.45) is 0 Å². The van der Waals surface area contributed by atoms with Gasteiger partial charge in [-0.05, 0) is 19.1 Å². The molecule has 5 heteroatoms. The highest BCUT2D eigenvalue weighted by Crippen LogP contribution is 2.18. The molecule has 1 aromatic heterocycles. The zero-order valence-corrected chi connectivity index (χ0v) is 8.15. The highest BCUT2D eigenvalue weighted by molar-refractivity contribution is 5.76. The fraction of sp³-hybridized carbons (Fsp3) is 0.300. The SMILES string of the molecule is CCn1c(=O)n(C(F)F)c2ccccc21. The minimum Gasteiger partial charge on any atom is -0.292 e. The molecule has 2 rings (SSSR count). The van der Waals surface area contributed by atoms with Crippen molar-refractivity contribution in [1.29, 1.82) is 0 Å². The first-order valence-corrected chi connectivity index (χ1v) is 4.64. The summed E-state index contributed by atoms with van der Waals surface area (Å²) in [6.45, 7) is -0.655. The average molecular weight is 212 g/mol. The van der Waals surface area contributed by atoms with Crippen LogP contribution in [0.25, 0.3) is 11.0 Å². The van der Waals surface area contributed by atoms with Crippen LogP contribution in [0.3, 0.4) is 0 Å². The number of halogens is 2. The molecule has 0 bridgehead atoms. The summed E-state index contributed by atoms with van der Waals surface area (Å²) in [4.78, 5) is 11.6. The van der Waals surface area contributed by atoms with Gasteiger partial charge in [-0.15, -0.1) is 0 Å². The number of para-hydroxylation sites is 2. The Morgan fingerprint density at radius 1 is 1.27 bits per heavy atom. The van der Waals surface area contributed by atoms with Crippen LogP contribution >= 0.6 is 0 Å². The maximum Gasteiger partial charge on any atom is 0.333 e. The van der Waals surface area contributed by atoms with E-state index in [2.05, 4.69) is 0 Å². The van der Waals surface area contributed by atoms with E-state index in [0.717, 1.165) is 0 Å². The molecule has 0 fully saturated rings. The molecule has 0 spiro atoms. The van der Waals surface area contributed by atoms with E-state index in [4.69, 9.17) is 0 Å². The van der Waals surface area contributed by atoms with Crippen LogP contribution in [0.4, 0.5) is 8.78 Å². The molecule has 0 atom stereocenters. The summed E-state index contributed by atoms with van der Waals surface area (Å²) in [6.07, 6.45) is 0. The van der Waals surface area contributed by atoms with E-state index in [1.54, 1.807) is 25.1 Å². The molecular formula is C10H10F2N2O. The molecule has 0 saturated heterocycles. The number of aryl methyl sites for hydroxylation is 1. The third-order valence-electron chi connectivity index (χ3n) is 2.38. The van der Waals surface area contributed by atoms with Crippen LogP contribution in [-0.4, -0.2) is 9.13 Å². The van der Waals surface area contributed by atoms with Crippen molar-refractivity contribution in [2.45, 2.75) is 20.0 Å². The molecular weight excluding hydrogens is 202 g/mol. The molecule has 0 radical (unpaired) electrons. The standard InChI is InChI=1S/C10H10F2N2O/c1-2-13-7-5-3-4-6-8(7)14(9(11)12)10(13)15/h3-6,9H,2H2,1H3. The summed E-state index contributed by atoms with van der Waals surface area (Å²) in [5.74, 6) is 0. The Morgan fingerprint density at radius 2 is 1.87 bits per heavy atom. The average Bonchev–Trinajstić information content (AvgIpc) is 2.49. The Balaban J connectivity index is 2.91. The molecule has 0 unspecified atom stereocenters. The first-order valence-electron chi connectivity index (χ1n) is 4.64. The Labute approximate surface area is 84.5 Å². The highest BCUT2D eigenvalue weighted by Gasteiger charge is 2.17.